The van der Waals surface area contributed by atoms with Crippen LogP contribution in [0.15, 0.2) is 30.7 Å². The van der Waals surface area contributed by atoms with Crippen molar-refractivity contribution in [3.63, 3.8) is 0 Å². The molecule has 0 spiro atoms. The van der Waals surface area contributed by atoms with E-state index in [0.29, 0.717) is 24.1 Å². The van der Waals surface area contributed by atoms with Crippen LogP contribution in [0.3, 0.4) is 0 Å². The van der Waals surface area contributed by atoms with E-state index in [-0.39, 0.29) is 11.6 Å². The second-order valence-corrected chi connectivity index (χ2v) is 6.86. The molecular formula is C18H16F4N6O. The molecule has 11 heteroatoms. The number of carbonyl (C=O) groups is 1. The highest BCUT2D eigenvalue weighted by atomic mass is 19.4. The van der Waals surface area contributed by atoms with Gasteiger partial charge < -0.3 is 15.2 Å². The molecule has 3 heterocycles. The van der Waals surface area contributed by atoms with Gasteiger partial charge in [0.15, 0.2) is 17.5 Å². The number of fused-ring (bicyclic) bond motifs is 1. The lowest BCUT2D eigenvalue weighted by Crippen LogP contribution is -2.50. The molecule has 3 aromatic heterocycles. The van der Waals surface area contributed by atoms with E-state index in [9.17, 15) is 22.4 Å². The summed E-state index contributed by atoms with van der Waals surface area (Å²) in [5.41, 5.74) is -0.0657. The van der Waals surface area contributed by atoms with Gasteiger partial charge in [0, 0.05) is 30.4 Å². The molecule has 29 heavy (non-hydrogen) atoms. The summed E-state index contributed by atoms with van der Waals surface area (Å²) < 4.78 is 51.8. The van der Waals surface area contributed by atoms with Crippen molar-refractivity contribution in [3.8, 4) is 11.4 Å². The molecule has 1 aliphatic rings. The minimum absolute atomic E-state index is 0.159. The predicted molar refractivity (Wildman–Crippen MR) is 96.5 cm³/mol. The van der Waals surface area contributed by atoms with Crippen molar-refractivity contribution in [2.45, 2.75) is 24.6 Å². The zero-order chi connectivity index (χ0) is 20.8. The summed E-state index contributed by atoms with van der Waals surface area (Å²) in [6, 6.07) is 3.54. The Balaban J connectivity index is 1.65. The van der Waals surface area contributed by atoms with Crippen molar-refractivity contribution in [1.82, 2.24) is 25.3 Å². The molecule has 0 bridgehead atoms. The van der Waals surface area contributed by atoms with Crippen molar-refractivity contribution in [2.75, 3.05) is 18.5 Å². The minimum atomic E-state index is -4.53. The highest BCUT2D eigenvalue weighted by molar-refractivity contribution is 5.93. The van der Waals surface area contributed by atoms with Gasteiger partial charge in [0.05, 0.1) is 6.20 Å². The van der Waals surface area contributed by atoms with Crippen LogP contribution in [-0.2, 0) is 4.79 Å². The number of pyridine rings is 1. The average molecular weight is 408 g/mol. The number of H-pyrrole nitrogens is 1. The Morgan fingerprint density at radius 3 is 2.79 bits per heavy atom. The number of amides is 1. The number of aromatic nitrogens is 4. The Morgan fingerprint density at radius 2 is 2.10 bits per heavy atom. The number of nitrogens with zero attached hydrogens (tertiary/aromatic N) is 4. The number of alkyl halides is 3. The van der Waals surface area contributed by atoms with Crippen LogP contribution >= 0.6 is 0 Å². The molecular weight excluding hydrogens is 392 g/mol. The van der Waals surface area contributed by atoms with E-state index < -0.39 is 30.0 Å². The fourth-order valence-electron chi connectivity index (χ4n) is 3.24. The maximum absolute atomic E-state index is 14.5. The Bertz CT molecular complexity index is 1080. The van der Waals surface area contributed by atoms with Crippen LogP contribution in [0.1, 0.15) is 12.8 Å². The van der Waals surface area contributed by atoms with Gasteiger partial charge in [-0.3, -0.25) is 4.79 Å². The van der Waals surface area contributed by atoms with Gasteiger partial charge in [-0.1, -0.05) is 0 Å². The van der Waals surface area contributed by atoms with E-state index in [1.807, 2.05) is 5.32 Å². The molecule has 4 rings (SSSR count). The van der Waals surface area contributed by atoms with E-state index in [0.717, 1.165) is 11.6 Å². The molecule has 1 fully saturated rings. The third-order valence-corrected chi connectivity index (χ3v) is 4.97. The zero-order valence-corrected chi connectivity index (χ0v) is 15.2. The Hall–Kier alpha value is -3.24. The summed E-state index contributed by atoms with van der Waals surface area (Å²) in [5.74, 6) is -1.54. The number of hydrogen-bond acceptors (Lipinski definition) is 5. The smallest absolute Gasteiger partial charge is 0.345 e. The van der Waals surface area contributed by atoms with E-state index in [4.69, 9.17) is 0 Å². The number of likely N-dealkylation sites (N-methyl/N-ethyl adjacent to an activating group) is 1. The summed E-state index contributed by atoms with van der Waals surface area (Å²) in [6.45, 7) is -1.44. The predicted octanol–water partition coefficient (Wildman–Crippen LogP) is 2.81. The van der Waals surface area contributed by atoms with E-state index in [1.54, 1.807) is 24.5 Å². The normalized spacial score (nSPS) is 15.3. The second kappa shape index (κ2) is 6.68. The monoisotopic (exact) mass is 408 g/mol. The van der Waals surface area contributed by atoms with Gasteiger partial charge >= 0.3 is 6.18 Å². The van der Waals surface area contributed by atoms with Gasteiger partial charge in [-0.15, -0.1) is 0 Å². The molecule has 0 aliphatic heterocycles. The van der Waals surface area contributed by atoms with Crippen LogP contribution in [-0.4, -0.2) is 51.2 Å². The SMILES string of the molecule is CN(c1nc(-c2c[nH]c3ncccc23)ncc1F)C1(C(=O)NCC(F)(F)F)CC1. The first kappa shape index (κ1) is 19.1. The molecule has 0 radical (unpaired) electrons. The second-order valence-electron chi connectivity index (χ2n) is 6.86. The molecule has 3 aromatic rings. The highest BCUT2D eigenvalue weighted by Gasteiger charge is 2.55. The third kappa shape index (κ3) is 3.47. The number of nitrogens with one attached hydrogen (secondary N) is 2. The topological polar surface area (TPSA) is 86.8 Å². The Morgan fingerprint density at radius 1 is 1.34 bits per heavy atom. The molecule has 0 atom stereocenters. The largest absolute Gasteiger partial charge is 0.405 e. The van der Waals surface area contributed by atoms with Crippen LogP contribution in [0, 0.1) is 5.82 Å². The number of hydrogen-bond donors (Lipinski definition) is 2. The number of halogens is 4. The maximum Gasteiger partial charge on any atom is 0.405 e. The first-order valence-electron chi connectivity index (χ1n) is 8.75. The number of aromatic amines is 1. The summed E-state index contributed by atoms with van der Waals surface area (Å²) >= 11 is 0. The molecule has 2 N–H and O–H groups in total. The molecule has 0 aromatic carbocycles. The van der Waals surface area contributed by atoms with Crippen LogP contribution < -0.4 is 10.2 Å². The van der Waals surface area contributed by atoms with Crippen LogP contribution in [0.4, 0.5) is 23.4 Å². The Kier molecular flexibility index (Phi) is 4.39. The quantitative estimate of drug-likeness (QED) is 0.634. The van der Waals surface area contributed by atoms with Crippen molar-refractivity contribution < 1.29 is 22.4 Å². The summed E-state index contributed by atoms with van der Waals surface area (Å²) in [7, 11) is 1.44. The fourth-order valence-corrected chi connectivity index (χ4v) is 3.24. The summed E-state index contributed by atoms with van der Waals surface area (Å²) in [5, 5.41) is 2.61. The highest BCUT2D eigenvalue weighted by Crippen LogP contribution is 2.44. The van der Waals surface area contributed by atoms with Gasteiger partial charge in [0.1, 0.15) is 17.7 Å². The third-order valence-electron chi connectivity index (χ3n) is 4.97. The molecule has 7 nitrogen and oxygen atoms in total. The molecule has 152 valence electrons. The van der Waals surface area contributed by atoms with Crippen molar-refractivity contribution >= 4 is 22.8 Å². The Labute approximate surface area is 162 Å². The van der Waals surface area contributed by atoms with Crippen molar-refractivity contribution in [3.05, 3.63) is 36.5 Å². The zero-order valence-electron chi connectivity index (χ0n) is 15.2. The average Bonchev–Trinajstić information content (AvgIpc) is 3.39. The standard InChI is InChI=1S/C18H16F4N6O/c1-28(17(4-5-17)16(29)26-9-18(20,21)22)15-12(19)8-25-14(27-15)11-7-24-13-10(11)3-2-6-23-13/h2-3,6-8H,4-5,9H2,1H3,(H,23,24)(H,26,29). The van der Waals surface area contributed by atoms with Crippen molar-refractivity contribution in [1.29, 1.82) is 0 Å². The van der Waals surface area contributed by atoms with Gasteiger partial charge in [-0.25, -0.2) is 19.3 Å². The number of carbonyl (C=O) groups excluding carboxylic acids is 1. The summed E-state index contributed by atoms with van der Waals surface area (Å²) in [4.78, 5) is 29.1. The molecule has 1 saturated carbocycles. The van der Waals surface area contributed by atoms with Gasteiger partial charge in [-0.05, 0) is 25.0 Å². The first-order chi connectivity index (χ1) is 13.7. The lowest BCUT2D eigenvalue weighted by molar-refractivity contribution is -0.139. The van der Waals surface area contributed by atoms with E-state index in [1.165, 1.54) is 11.9 Å². The molecule has 0 unspecified atom stereocenters. The van der Waals surface area contributed by atoms with Gasteiger partial charge in [-0.2, -0.15) is 13.2 Å². The maximum atomic E-state index is 14.5. The van der Waals surface area contributed by atoms with Crippen molar-refractivity contribution in [2.24, 2.45) is 0 Å². The van der Waals surface area contributed by atoms with E-state index >= 15 is 0 Å². The lowest BCUT2D eigenvalue weighted by Gasteiger charge is -2.28. The first-order valence-corrected chi connectivity index (χ1v) is 8.75. The van der Waals surface area contributed by atoms with Gasteiger partial charge in [0.2, 0.25) is 5.91 Å². The molecule has 0 saturated heterocycles. The van der Waals surface area contributed by atoms with Gasteiger partial charge in [0.25, 0.3) is 0 Å². The molecule has 1 aliphatic carbocycles. The van der Waals surface area contributed by atoms with Crippen LogP contribution in [0.5, 0.6) is 0 Å². The van der Waals surface area contributed by atoms with Crippen LogP contribution in [0.2, 0.25) is 0 Å². The number of rotatable bonds is 5. The van der Waals surface area contributed by atoms with Crippen LogP contribution in [0.25, 0.3) is 22.4 Å². The molecule has 1 amide bonds. The summed E-state index contributed by atoms with van der Waals surface area (Å²) in [6.07, 6.45) is 0.293. The number of anilines is 1. The van der Waals surface area contributed by atoms with E-state index in [2.05, 4.69) is 19.9 Å². The fraction of sp³-hybridized carbons (Fsp3) is 0.333. The minimum Gasteiger partial charge on any atom is -0.345 e. The lowest BCUT2D eigenvalue weighted by atomic mass is 10.2.